The zero-order valence-electron chi connectivity index (χ0n) is 12.5. The first-order valence-electron chi connectivity index (χ1n) is 7.38. The van der Waals surface area contributed by atoms with Crippen molar-refractivity contribution in [3.8, 4) is 0 Å². The number of amides is 2. The standard InChI is InChI=1S/C16H22N2O3/c1-3-11(2)14(15(19)20)17-16(21)18-9-8-12-6-4-5-7-13(12)10-18/h4-7,11,14H,3,8-10H2,1-2H3,(H,17,21)(H,19,20)/t11?,14-/m0/s1. The van der Waals surface area contributed by atoms with Gasteiger partial charge in [0.25, 0.3) is 0 Å². The maximum atomic E-state index is 12.3. The molecule has 0 aliphatic carbocycles. The van der Waals surface area contributed by atoms with Crippen LogP contribution >= 0.6 is 0 Å². The molecule has 1 aliphatic rings. The largest absolute Gasteiger partial charge is 0.480 e. The van der Waals surface area contributed by atoms with Crippen molar-refractivity contribution >= 4 is 12.0 Å². The molecule has 2 amide bonds. The van der Waals surface area contributed by atoms with Crippen LogP contribution in [0.3, 0.4) is 0 Å². The van der Waals surface area contributed by atoms with E-state index in [1.54, 1.807) is 4.90 Å². The maximum Gasteiger partial charge on any atom is 0.326 e. The molecule has 21 heavy (non-hydrogen) atoms. The Bertz CT molecular complexity index is 530. The SMILES string of the molecule is CCC(C)[C@H](NC(=O)N1CCc2ccccc2C1)C(=O)O. The highest BCUT2D eigenvalue weighted by atomic mass is 16.4. The van der Waals surface area contributed by atoms with Gasteiger partial charge in [-0.15, -0.1) is 0 Å². The molecule has 0 radical (unpaired) electrons. The van der Waals surface area contributed by atoms with Gasteiger partial charge in [0.2, 0.25) is 0 Å². The van der Waals surface area contributed by atoms with Crippen molar-refractivity contribution in [2.45, 2.75) is 39.3 Å². The van der Waals surface area contributed by atoms with Crippen molar-refractivity contribution in [2.24, 2.45) is 5.92 Å². The van der Waals surface area contributed by atoms with E-state index in [2.05, 4.69) is 11.4 Å². The monoisotopic (exact) mass is 290 g/mol. The summed E-state index contributed by atoms with van der Waals surface area (Å²) in [7, 11) is 0. The minimum atomic E-state index is -0.977. The van der Waals surface area contributed by atoms with Crippen LogP contribution in [0.15, 0.2) is 24.3 Å². The molecule has 0 saturated heterocycles. The van der Waals surface area contributed by atoms with Gasteiger partial charge < -0.3 is 15.3 Å². The zero-order valence-corrected chi connectivity index (χ0v) is 12.5. The summed E-state index contributed by atoms with van der Waals surface area (Å²) in [5.74, 6) is -1.07. The van der Waals surface area contributed by atoms with E-state index in [9.17, 15) is 14.7 Å². The molecule has 1 aromatic carbocycles. The molecule has 5 nitrogen and oxygen atoms in total. The molecular formula is C16H22N2O3. The second-order valence-corrected chi connectivity index (χ2v) is 5.59. The Hall–Kier alpha value is -2.04. The Balaban J connectivity index is 2.03. The minimum Gasteiger partial charge on any atom is -0.480 e. The fraction of sp³-hybridized carbons (Fsp3) is 0.500. The molecule has 5 heteroatoms. The molecular weight excluding hydrogens is 268 g/mol. The third kappa shape index (κ3) is 3.54. The number of benzene rings is 1. The van der Waals surface area contributed by atoms with E-state index in [0.29, 0.717) is 19.5 Å². The lowest BCUT2D eigenvalue weighted by molar-refractivity contribution is -0.140. The number of rotatable bonds is 4. The molecule has 0 bridgehead atoms. The molecule has 1 aromatic rings. The second kappa shape index (κ2) is 6.61. The first-order valence-corrected chi connectivity index (χ1v) is 7.38. The fourth-order valence-corrected chi connectivity index (χ4v) is 2.58. The van der Waals surface area contributed by atoms with Crippen molar-refractivity contribution in [1.82, 2.24) is 10.2 Å². The summed E-state index contributed by atoms with van der Waals surface area (Å²) in [4.78, 5) is 25.3. The predicted molar refractivity (Wildman–Crippen MR) is 80.0 cm³/mol. The van der Waals surface area contributed by atoms with E-state index < -0.39 is 12.0 Å². The third-order valence-corrected chi connectivity index (χ3v) is 4.18. The molecule has 0 saturated carbocycles. The smallest absolute Gasteiger partial charge is 0.326 e. The average molecular weight is 290 g/mol. The lowest BCUT2D eigenvalue weighted by Gasteiger charge is -2.31. The van der Waals surface area contributed by atoms with Gasteiger partial charge in [-0.05, 0) is 23.5 Å². The van der Waals surface area contributed by atoms with Crippen LogP contribution in [0, 0.1) is 5.92 Å². The number of carboxylic acid groups (broad SMARTS) is 1. The summed E-state index contributed by atoms with van der Waals surface area (Å²) in [5, 5.41) is 11.9. The van der Waals surface area contributed by atoms with Crippen LogP contribution in [0.2, 0.25) is 0 Å². The van der Waals surface area contributed by atoms with E-state index in [1.807, 2.05) is 32.0 Å². The quantitative estimate of drug-likeness (QED) is 0.893. The number of carbonyl (C=O) groups excluding carboxylic acids is 1. The summed E-state index contributed by atoms with van der Waals surface area (Å²) in [6, 6.07) is 6.91. The molecule has 2 N–H and O–H groups in total. The number of nitrogens with one attached hydrogen (secondary N) is 1. The number of carboxylic acids is 1. The molecule has 0 spiro atoms. The lowest BCUT2D eigenvalue weighted by atomic mass is 9.99. The van der Waals surface area contributed by atoms with Crippen LogP contribution in [0.5, 0.6) is 0 Å². The summed E-state index contributed by atoms with van der Waals surface area (Å²) in [6.45, 7) is 4.92. The van der Waals surface area contributed by atoms with Crippen molar-refractivity contribution in [2.75, 3.05) is 6.54 Å². The summed E-state index contributed by atoms with van der Waals surface area (Å²) < 4.78 is 0. The first kappa shape index (κ1) is 15.4. The molecule has 114 valence electrons. The minimum absolute atomic E-state index is 0.0940. The summed E-state index contributed by atoms with van der Waals surface area (Å²) >= 11 is 0. The zero-order chi connectivity index (χ0) is 15.4. The molecule has 1 heterocycles. The molecule has 2 rings (SSSR count). The Labute approximate surface area is 125 Å². The van der Waals surface area contributed by atoms with Gasteiger partial charge in [-0.3, -0.25) is 0 Å². The fourth-order valence-electron chi connectivity index (χ4n) is 2.58. The van der Waals surface area contributed by atoms with Gasteiger partial charge in [0, 0.05) is 13.1 Å². The van der Waals surface area contributed by atoms with Crippen molar-refractivity contribution in [3.05, 3.63) is 35.4 Å². The van der Waals surface area contributed by atoms with Crippen LogP contribution in [0.25, 0.3) is 0 Å². The Kier molecular flexibility index (Phi) is 4.83. The number of hydrogen-bond donors (Lipinski definition) is 2. The van der Waals surface area contributed by atoms with E-state index in [4.69, 9.17) is 0 Å². The van der Waals surface area contributed by atoms with E-state index in [-0.39, 0.29) is 11.9 Å². The van der Waals surface area contributed by atoms with Gasteiger partial charge >= 0.3 is 12.0 Å². The van der Waals surface area contributed by atoms with Gasteiger partial charge in [-0.2, -0.15) is 0 Å². The number of urea groups is 1. The van der Waals surface area contributed by atoms with Gasteiger partial charge in [0.1, 0.15) is 6.04 Å². The van der Waals surface area contributed by atoms with E-state index in [0.717, 1.165) is 12.0 Å². The molecule has 0 fully saturated rings. The molecule has 0 aromatic heterocycles. The van der Waals surface area contributed by atoms with Crippen LogP contribution in [-0.4, -0.2) is 34.6 Å². The van der Waals surface area contributed by atoms with Crippen molar-refractivity contribution in [3.63, 3.8) is 0 Å². The van der Waals surface area contributed by atoms with Gasteiger partial charge in [0.15, 0.2) is 0 Å². The average Bonchev–Trinajstić information content (AvgIpc) is 2.50. The van der Waals surface area contributed by atoms with E-state index in [1.165, 1.54) is 5.56 Å². The number of nitrogens with zero attached hydrogens (tertiary/aromatic N) is 1. The van der Waals surface area contributed by atoms with E-state index >= 15 is 0 Å². The number of hydrogen-bond acceptors (Lipinski definition) is 2. The number of carbonyl (C=O) groups is 2. The summed E-state index contributed by atoms with van der Waals surface area (Å²) in [6.07, 6.45) is 1.52. The third-order valence-electron chi connectivity index (χ3n) is 4.18. The topological polar surface area (TPSA) is 69.6 Å². The predicted octanol–water partition coefficient (Wildman–Crippen LogP) is 2.25. The molecule has 2 atom stereocenters. The van der Waals surface area contributed by atoms with Gasteiger partial charge in [-0.25, -0.2) is 9.59 Å². The van der Waals surface area contributed by atoms with Crippen LogP contribution in [0.1, 0.15) is 31.4 Å². The second-order valence-electron chi connectivity index (χ2n) is 5.59. The van der Waals surface area contributed by atoms with Gasteiger partial charge in [0.05, 0.1) is 0 Å². The van der Waals surface area contributed by atoms with Crippen molar-refractivity contribution < 1.29 is 14.7 Å². The van der Waals surface area contributed by atoms with Crippen LogP contribution in [-0.2, 0) is 17.8 Å². The highest BCUT2D eigenvalue weighted by molar-refractivity contribution is 5.83. The lowest BCUT2D eigenvalue weighted by Crippen LogP contribution is -2.51. The number of fused-ring (bicyclic) bond motifs is 1. The number of aliphatic carboxylic acids is 1. The highest BCUT2D eigenvalue weighted by Gasteiger charge is 2.28. The molecule has 1 unspecified atom stereocenters. The van der Waals surface area contributed by atoms with Gasteiger partial charge in [-0.1, -0.05) is 44.5 Å². The van der Waals surface area contributed by atoms with Crippen LogP contribution in [0.4, 0.5) is 4.79 Å². The Morgan fingerprint density at radius 2 is 2.00 bits per heavy atom. The Morgan fingerprint density at radius 3 is 2.62 bits per heavy atom. The highest BCUT2D eigenvalue weighted by Crippen LogP contribution is 2.19. The maximum absolute atomic E-state index is 12.3. The normalized spacial score (nSPS) is 16.8. The van der Waals surface area contributed by atoms with Crippen LogP contribution < -0.4 is 5.32 Å². The molecule has 1 aliphatic heterocycles. The van der Waals surface area contributed by atoms with Crippen molar-refractivity contribution in [1.29, 1.82) is 0 Å². The summed E-state index contributed by atoms with van der Waals surface area (Å²) in [5.41, 5.74) is 2.40. The Morgan fingerprint density at radius 1 is 1.33 bits per heavy atom. The first-order chi connectivity index (χ1) is 10.0.